The summed E-state index contributed by atoms with van der Waals surface area (Å²) in [5, 5.41) is 0. The van der Waals surface area contributed by atoms with Crippen LogP contribution >= 0.6 is 0 Å². The van der Waals surface area contributed by atoms with Crippen LogP contribution in [0.4, 0.5) is 0 Å². The van der Waals surface area contributed by atoms with E-state index in [2.05, 4.69) is 15.0 Å². The number of aromatic amines is 1. The zero-order valence-electron chi connectivity index (χ0n) is 17.3. The van der Waals surface area contributed by atoms with Crippen molar-refractivity contribution in [3.8, 4) is 45.6 Å². The first kappa shape index (κ1) is 20.1. The second kappa shape index (κ2) is 7.90. The number of nitrogens with one attached hydrogen (secondary N) is 1. The fourth-order valence-corrected chi connectivity index (χ4v) is 3.40. The molecule has 0 fully saturated rings. The largest absolute Gasteiger partial charge is 0.494 e. The number of H-pyrrole nitrogens is 1. The van der Waals surface area contributed by atoms with Gasteiger partial charge in [0.2, 0.25) is 5.75 Å². The van der Waals surface area contributed by atoms with Gasteiger partial charge in [-0.05, 0) is 24.3 Å². The van der Waals surface area contributed by atoms with Crippen LogP contribution in [-0.4, -0.2) is 49.3 Å². The van der Waals surface area contributed by atoms with Crippen molar-refractivity contribution in [1.29, 1.82) is 0 Å². The van der Waals surface area contributed by atoms with Crippen molar-refractivity contribution in [3.05, 3.63) is 36.5 Å². The van der Waals surface area contributed by atoms with Gasteiger partial charge in [0.05, 0.1) is 28.4 Å². The molecule has 0 aliphatic rings. The molecule has 4 rings (SSSR count). The summed E-state index contributed by atoms with van der Waals surface area (Å²) in [4.78, 5) is 23.3. The smallest absolute Gasteiger partial charge is 0.284 e. The van der Waals surface area contributed by atoms with Gasteiger partial charge in [-0.15, -0.1) is 0 Å². The molecule has 10 nitrogen and oxygen atoms in total. The Morgan fingerprint density at radius 2 is 1.68 bits per heavy atom. The van der Waals surface area contributed by atoms with Crippen molar-refractivity contribution in [2.24, 2.45) is 5.73 Å². The third kappa shape index (κ3) is 3.27. The van der Waals surface area contributed by atoms with E-state index in [0.717, 1.165) is 0 Å². The van der Waals surface area contributed by atoms with Crippen LogP contribution in [0.5, 0.6) is 23.0 Å². The molecule has 3 N–H and O–H groups in total. The maximum Gasteiger partial charge on any atom is 0.284 e. The molecule has 2 aromatic heterocycles. The summed E-state index contributed by atoms with van der Waals surface area (Å²) in [5.41, 5.74) is 8.17. The van der Waals surface area contributed by atoms with Crippen LogP contribution in [-0.2, 0) is 0 Å². The van der Waals surface area contributed by atoms with Crippen LogP contribution in [0.25, 0.3) is 33.6 Å². The molecule has 0 aliphatic carbocycles. The molecule has 0 saturated heterocycles. The average Bonchev–Trinajstić information content (AvgIpc) is 3.45. The molecule has 4 aromatic rings. The zero-order chi connectivity index (χ0) is 22.1. The van der Waals surface area contributed by atoms with Crippen LogP contribution in [0.1, 0.15) is 10.6 Å². The predicted octanol–water partition coefficient (Wildman–Crippen LogP) is 3.02. The van der Waals surface area contributed by atoms with Crippen LogP contribution < -0.4 is 24.7 Å². The van der Waals surface area contributed by atoms with E-state index in [0.29, 0.717) is 56.6 Å². The van der Waals surface area contributed by atoms with Gasteiger partial charge in [-0.1, -0.05) is 0 Å². The van der Waals surface area contributed by atoms with Crippen molar-refractivity contribution in [2.45, 2.75) is 0 Å². The van der Waals surface area contributed by atoms with Gasteiger partial charge in [0.25, 0.3) is 5.91 Å². The number of oxazole rings is 1. The number of hydrogen-bond donors (Lipinski definition) is 2. The summed E-state index contributed by atoms with van der Waals surface area (Å²) in [6, 6.07) is 7.04. The van der Waals surface area contributed by atoms with Gasteiger partial charge in [-0.3, -0.25) is 4.79 Å². The number of fused-ring (bicyclic) bond motifs is 1. The minimum atomic E-state index is -0.688. The molecular weight excluding hydrogens is 404 g/mol. The van der Waals surface area contributed by atoms with Gasteiger partial charge in [0, 0.05) is 11.1 Å². The minimum absolute atomic E-state index is 0.00889. The predicted molar refractivity (Wildman–Crippen MR) is 112 cm³/mol. The number of carbonyl (C=O) groups is 1. The maximum absolute atomic E-state index is 11.7. The zero-order valence-corrected chi connectivity index (χ0v) is 17.3. The molecule has 0 spiro atoms. The van der Waals surface area contributed by atoms with E-state index < -0.39 is 5.91 Å². The maximum atomic E-state index is 11.7. The quantitative estimate of drug-likeness (QED) is 0.462. The van der Waals surface area contributed by atoms with Crippen LogP contribution in [0, 0.1) is 0 Å². The first-order chi connectivity index (χ1) is 15.0. The summed E-state index contributed by atoms with van der Waals surface area (Å²) in [7, 11) is 6.12. The lowest BCUT2D eigenvalue weighted by molar-refractivity contribution is 0.0991. The summed E-state index contributed by atoms with van der Waals surface area (Å²) in [6.07, 6.45) is 1.32. The van der Waals surface area contributed by atoms with Gasteiger partial charge >= 0.3 is 0 Å². The molecule has 0 aliphatic heterocycles. The van der Waals surface area contributed by atoms with Crippen LogP contribution in [0.2, 0.25) is 0 Å². The standard InChI is InChI=1S/C21H20N4O6/c1-27-12-6-5-11(16-17(12)25-21(24-16)20(22)26)18-15(23-9-31-18)10-7-13(28-2)19(30-4)14(8-10)29-3/h5-9H,1-4H3,(H2,22,26)(H,24,25). The third-order valence-corrected chi connectivity index (χ3v) is 4.81. The number of nitrogens with zero attached hydrogens (tertiary/aromatic N) is 2. The minimum Gasteiger partial charge on any atom is -0.494 e. The second-order valence-corrected chi connectivity index (χ2v) is 6.43. The molecule has 10 heteroatoms. The number of nitrogens with two attached hydrogens (primary N) is 1. The second-order valence-electron chi connectivity index (χ2n) is 6.43. The molecule has 0 bridgehead atoms. The Kier molecular flexibility index (Phi) is 5.12. The fourth-order valence-electron chi connectivity index (χ4n) is 3.40. The molecule has 0 atom stereocenters. The Balaban J connectivity index is 1.94. The number of amides is 1. The Morgan fingerprint density at radius 1 is 1.00 bits per heavy atom. The number of primary amides is 1. The molecule has 31 heavy (non-hydrogen) atoms. The normalized spacial score (nSPS) is 10.8. The third-order valence-electron chi connectivity index (χ3n) is 4.81. The number of ether oxygens (including phenoxy) is 4. The average molecular weight is 424 g/mol. The lowest BCUT2D eigenvalue weighted by Gasteiger charge is -2.14. The number of carbonyl (C=O) groups excluding carboxylic acids is 1. The molecule has 0 radical (unpaired) electrons. The number of benzene rings is 2. The van der Waals surface area contributed by atoms with Gasteiger partial charge in [0.1, 0.15) is 22.5 Å². The number of imidazole rings is 1. The SMILES string of the molecule is COc1cc(-c2ncoc2-c2ccc(OC)c3[nH]c(C(N)=O)nc23)cc(OC)c1OC. The molecular formula is C21H20N4O6. The molecule has 0 unspecified atom stereocenters. The number of methoxy groups -OCH3 is 4. The van der Waals surface area contributed by atoms with E-state index in [1.807, 2.05) is 0 Å². The van der Waals surface area contributed by atoms with E-state index in [-0.39, 0.29) is 5.82 Å². The number of rotatable bonds is 7. The number of hydrogen-bond acceptors (Lipinski definition) is 8. The summed E-state index contributed by atoms with van der Waals surface area (Å²) in [6.45, 7) is 0. The first-order valence-electron chi connectivity index (χ1n) is 9.13. The van der Waals surface area contributed by atoms with Crippen LogP contribution in [0.15, 0.2) is 35.1 Å². The molecule has 2 heterocycles. The van der Waals surface area contributed by atoms with Crippen molar-refractivity contribution in [2.75, 3.05) is 28.4 Å². The van der Waals surface area contributed by atoms with Gasteiger partial charge < -0.3 is 34.1 Å². The van der Waals surface area contributed by atoms with Crippen LogP contribution in [0.3, 0.4) is 0 Å². The monoisotopic (exact) mass is 424 g/mol. The van der Waals surface area contributed by atoms with Gasteiger partial charge in [0.15, 0.2) is 29.5 Å². The van der Waals surface area contributed by atoms with E-state index in [9.17, 15) is 4.79 Å². The molecule has 2 aromatic carbocycles. The summed E-state index contributed by atoms with van der Waals surface area (Å²) >= 11 is 0. The highest BCUT2D eigenvalue weighted by molar-refractivity contribution is 6.01. The lowest BCUT2D eigenvalue weighted by atomic mass is 10.0. The Hall–Kier alpha value is -4.21. The van der Waals surface area contributed by atoms with Gasteiger partial charge in [-0.2, -0.15) is 0 Å². The Labute approximate surface area is 176 Å². The molecule has 1 amide bonds. The van der Waals surface area contributed by atoms with Crippen molar-refractivity contribution in [1.82, 2.24) is 15.0 Å². The topological polar surface area (TPSA) is 135 Å². The molecule has 160 valence electrons. The number of aromatic nitrogens is 3. The fraction of sp³-hybridized carbons (Fsp3) is 0.190. The van der Waals surface area contributed by atoms with E-state index in [1.165, 1.54) is 34.8 Å². The van der Waals surface area contributed by atoms with E-state index >= 15 is 0 Å². The summed E-state index contributed by atoms with van der Waals surface area (Å²) < 4.78 is 27.4. The van der Waals surface area contributed by atoms with Gasteiger partial charge in [-0.25, -0.2) is 9.97 Å². The van der Waals surface area contributed by atoms with Crippen molar-refractivity contribution < 1.29 is 28.2 Å². The summed E-state index contributed by atoms with van der Waals surface area (Å²) in [5.74, 6) is 1.67. The highest BCUT2D eigenvalue weighted by Crippen LogP contribution is 2.44. The first-order valence-corrected chi connectivity index (χ1v) is 9.13. The highest BCUT2D eigenvalue weighted by atomic mass is 16.5. The Bertz CT molecular complexity index is 1250. The van der Waals surface area contributed by atoms with Crippen molar-refractivity contribution >= 4 is 16.9 Å². The van der Waals surface area contributed by atoms with E-state index in [1.54, 1.807) is 24.3 Å². The highest BCUT2D eigenvalue weighted by Gasteiger charge is 2.23. The van der Waals surface area contributed by atoms with E-state index in [4.69, 9.17) is 29.1 Å². The Morgan fingerprint density at radius 3 is 2.26 bits per heavy atom. The van der Waals surface area contributed by atoms with Crippen molar-refractivity contribution in [3.63, 3.8) is 0 Å². The molecule has 0 saturated carbocycles. The lowest BCUT2D eigenvalue weighted by Crippen LogP contribution is -2.12.